The third-order valence-electron chi connectivity index (χ3n) is 3.36. The summed E-state index contributed by atoms with van der Waals surface area (Å²) in [6.07, 6.45) is 0.383. The molecule has 2 aromatic carbocycles. The van der Waals surface area contributed by atoms with Gasteiger partial charge in [0, 0.05) is 29.4 Å². The van der Waals surface area contributed by atoms with Gasteiger partial charge in [-0.2, -0.15) is 0 Å². The topological polar surface area (TPSA) is 76.7 Å². The van der Waals surface area contributed by atoms with Crippen molar-refractivity contribution in [3.05, 3.63) is 48.0 Å². The third-order valence-corrected chi connectivity index (χ3v) is 3.36. The van der Waals surface area contributed by atoms with E-state index in [1.807, 2.05) is 0 Å². The first kappa shape index (κ1) is 14.9. The molecule has 1 heterocycles. The predicted molar refractivity (Wildman–Crippen MR) is 85.9 cm³/mol. The molecule has 6 nitrogen and oxygen atoms in total. The Hall–Kier alpha value is -3.02. The molecule has 0 fully saturated rings. The van der Waals surface area contributed by atoms with E-state index >= 15 is 0 Å². The predicted octanol–water partition coefficient (Wildman–Crippen LogP) is 3.02. The van der Waals surface area contributed by atoms with E-state index < -0.39 is 0 Å². The number of nitrogens with one attached hydrogen (secondary N) is 2. The molecule has 0 aromatic heterocycles. The maximum Gasteiger partial charge on any atom is 0.255 e. The zero-order chi connectivity index (χ0) is 16.2. The van der Waals surface area contributed by atoms with Crippen molar-refractivity contribution in [1.82, 2.24) is 0 Å². The van der Waals surface area contributed by atoms with Gasteiger partial charge in [-0.05, 0) is 30.3 Å². The van der Waals surface area contributed by atoms with Crippen LogP contribution in [0, 0.1) is 0 Å². The van der Waals surface area contributed by atoms with Gasteiger partial charge in [0.1, 0.15) is 0 Å². The molecule has 0 radical (unpaired) electrons. The van der Waals surface area contributed by atoms with E-state index in [0.717, 1.165) is 0 Å². The Balaban J connectivity index is 1.73. The van der Waals surface area contributed by atoms with Crippen LogP contribution < -0.4 is 20.1 Å². The number of hydrogen-bond acceptors (Lipinski definition) is 4. The lowest BCUT2D eigenvalue weighted by molar-refractivity contribution is -0.115. The van der Waals surface area contributed by atoms with Gasteiger partial charge in [0.25, 0.3) is 5.91 Å². The van der Waals surface area contributed by atoms with Crippen molar-refractivity contribution >= 4 is 23.2 Å². The fraction of sp³-hybridized carbons (Fsp3) is 0.176. The Kier molecular flexibility index (Phi) is 4.14. The van der Waals surface area contributed by atoms with Gasteiger partial charge >= 0.3 is 0 Å². The van der Waals surface area contributed by atoms with Crippen molar-refractivity contribution in [1.29, 1.82) is 0 Å². The summed E-state index contributed by atoms with van der Waals surface area (Å²) in [6.45, 7) is 1.96. The molecule has 1 aliphatic rings. The summed E-state index contributed by atoms with van der Waals surface area (Å²) >= 11 is 0. The number of rotatable bonds is 4. The van der Waals surface area contributed by atoms with E-state index in [0.29, 0.717) is 34.9 Å². The quantitative estimate of drug-likeness (QED) is 0.910. The van der Waals surface area contributed by atoms with E-state index in [4.69, 9.17) is 9.47 Å². The summed E-state index contributed by atoms with van der Waals surface area (Å²) in [7, 11) is 0. The number of fused-ring (bicyclic) bond motifs is 1. The fourth-order valence-corrected chi connectivity index (χ4v) is 2.17. The van der Waals surface area contributed by atoms with Gasteiger partial charge in [0.15, 0.2) is 11.5 Å². The SMILES string of the molecule is CCC(=O)Nc1cccc(C(=O)Nc2ccc3c(c2)OCO3)c1. The number of benzene rings is 2. The van der Waals surface area contributed by atoms with Gasteiger partial charge in [-0.3, -0.25) is 9.59 Å². The highest BCUT2D eigenvalue weighted by molar-refractivity contribution is 6.05. The molecule has 1 aliphatic heterocycles. The zero-order valence-corrected chi connectivity index (χ0v) is 12.6. The van der Waals surface area contributed by atoms with Gasteiger partial charge in [0.2, 0.25) is 12.7 Å². The molecule has 2 N–H and O–H groups in total. The summed E-state index contributed by atoms with van der Waals surface area (Å²) in [6, 6.07) is 12.0. The summed E-state index contributed by atoms with van der Waals surface area (Å²) in [5.74, 6) is 0.897. The van der Waals surface area contributed by atoms with Crippen LogP contribution >= 0.6 is 0 Å². The van der Waals surface area contributed by atoms with Crippen molar-refractivity contribution in [3.8, 4) is 11.5 Å². The largest absolute Gasteiger partial charge is 0.454 e. The zero-order valence-electron chi connectivity index (χ0n) is 12.6. The van der Waals surface area contributed by atoms with Crippen molar-refractivity contribution in [2.45, 2.75) is 13.3 Å². The number of carbonyl (C=O) groups excluding carboxylic acids is 2. The lowest BCUT2D eigenvalue weighted by Gasteiger charge is -2.08. The van der Waals surface area contributed by atoms with Crippen molar-refractivity contribution in [2.24, 2.45) is 0 Å². The molecule has 0 atom stereocenters. The van der Waals surface area contributed by atoms with Crippen LogP contribution in [-0.4, -0.2) is 18.6 Å². The minimum atomic E-state index is -0.267. The molecule has 2 amide bonds. The van der Waals surface area contributed by atoms with Crippen molar-refractivity contribution in [3.63, 3.8) is 0 Å². The molecule has 3 rings (SSSR count). The molecule has 2 aromatic rings. The standard InChI is InChI=1S/C17H16N2O4/c1-2-16(20)18-12-5-3-4-11(8-12)17(21)19-13-6-7-14-15(9-13)23-10-22-14/h3-9H,2,10H2,1H3,(H,18,20)(H,19,21). The van der Waals surface area contributed by atoms with Crippen LogP contribution in [0.4, 0.5) is 11.4 Å². The molecule has 118 valence electrons. The second-order valence-corrected chi connectivity index (χ2v) is 5.00. The first-order valence-electron chi connectivity index (χ1n) is 7.26. The highest BCUT2D eigenvalue weighted by atomic mass is 16.7. The second kappa shape index (κ2) is 6.39. The van der Waals surface area contributed by atoms with Crippen LogP contribution in [0.5, 0.6) is 11.5 Å². The second-order valence-electron chi connectivity index (χ2n) is 5.00. The van der Waals surface area contributed by atoms with Crippen LogP contribution in [0.3, 0.4) is 0 Å². The molecule has 0 spiro atoms. The van der Waals surface area contributed by atoms with E-state index in [-0.39, 0.29) is 18.6 Å². The summed E-state index contributed by atoms with van der Waals surface area (Å²) in [5, 5.41) is 5.52. The highest BCUT2D eigenvalue weighted by Crippen LogP contribution is 2.34. The fourth-order valence-electron chi connectivity index (χ4n) is 2.17. The number of carbonyl (C=O) groups is 2. The molecular formula is C17H16N2O4. The Bertz CT molecular complexity index is 758. The van der Waals surface area contributed by atoms with Crippen molar-refractivity contribution in [2.75, 3.05) is 17.4 Å². The van der Waals surface area contributed by atoms with Crippen LogP contribution in [0.15, 0.2) is 42.5 Å². The smallest absolute Gasteiger partial charge is 0.255 e. The Labute approximate surface area is 133 Å². The van der Waals surface area contributed by atoms with Gasteiger partial charge in [0.05, 0.1) is 0 Å². The van der Waals surface area contributed by atoms with Crippen LogP contribution in [0.25, 0.3) is 0 Å². The normalized spacial score (nSPS) is 11.9. The Morgan fingerprint density at radius 1 is 1.00 bits per heavy atom. The van der Waals surface area contributed by atoms with E-state index in [9.17, 15) is 9.59 Å². The number of anilines is 2. The van der Waals surface area contributed by atoms with Crippen molar-refractivity contribution < 1.29 is 19.1 Å². The number of amides is 2. The van der Waals surface area contributed by atoms with E-state index in [1.54, 1.807) is 49.4 Å². The summed E-state index contributed by atoms with van der Waals surface area (Å²) in [4.78, 5) is 23.8. The lowest BCUT2D eigenvalue weighted by atomic mass is 10.1. The Morgan fingerprint density at radius 2 is 1.78 bits per heavy atom. The molecule has 0 bridgehead atoms. The first-order valence-corrected chi connectivity index (χ1v) is 7.26. The van der Waals surface area contributed by atoms with Gasteiger partial charge in [-0.15, -0.1) is 0 Å². The molecular weight excluding hydrogens is 296 g/mol. The minimum Gasteiger partial charge on any atom is -0.454 e. The minimum absolute atomic E-state index is 0.0988. The molecule has 0 aliphatic carbocycles. The summed E-state index contributed by atoms with van der Waals surface area (Å²) in [5.41, 5.74) is 1.66. The monoisotopic (exact) mass is 312 g/mol. The maximum absolute atomic E-state index is 12.3. The first-order chi connectivity index (χ1) is 11.2. The number of ether oxygens (including phenoxy) is 2. The van der Waals surface area contributed by atoms with Gasteiger partial charge in [-0.1, -0.05) is 13.0 Å². The summed E-state index contributed by atoms with van der Waals surface area (Å²) < 4.78 is 10.5. The van der Waals surface area contributed by atoms with E-state index in [2.05, 4.69) is 10.6 Å². The average molecular weight is 312 g/mol. The van der Waals surface area contributed by atoms with E-state index in [1.165, 1.54) is 0 Å². The molecule has 6 heteroatoms. The molecule has 0 saturated heterocycles. The average Bonchev–Trinajstić information content (AvgIpc) is 3.02. The lowest BCUT2D eigenvalue weighted by Crippen LogP contribution is -2.13. The third kappa shape index (κ3) is 3.42. The molecule has 0 unspecified atom stereocenters. The Morgan fingerprint density at radius 3 is 2.61 bits per heavy atom. The molecule has 23 heavy (non-hydrogen) atoms. The van der Waals surface area contributed by atoms with Gasteiger partial charge in [-0.25, -0.2) is 0 Å². The van der Waals surface area contributed by atoms with Gasteiger partial charge < -0.3 is 20.1 Å². The van der Waals surface area contributed by atoms with Crippen LogP contribution in [0.1, 0.15) is 23.7 Å². The number of hydrogen-bond donors (Lipinski definition) is 2. The maximum atomic E-state index is 12.3. The highest BCUT2D eigenvalue weighted by Gasteiger charge is 2.15. The molecule has 0 saturated carbocycles. The van der Waals surface area contributed by atoms with Crippen LogP contribution in [-0.2, 0) is 4.79 Å². The van der Waals surface area contributed by atoms with Crippen LogP contribution in [0.2, 0.25) is 0 Å².